The molecular weight excluding hydrogens is 162 g/mol. The van der Waals surface area contributed by atoms with E-state index in [-0.39, 0.29) is 6.61 Å². The van der Waals surface area contributed by atoms with E-state index < -0.39 is 0 Å². The van der Waals surface area contributed by atoms with Crippen molar-refractivity contribution in [3.63, 3.8) is 0 Å². The van der Waals surface area contributed by atoms with Gasteiger partial charge in [-0.3, -0.25) is 0 Å². The maximum Gasteiger partial charge on any atom is 0.0991 e. The van der Waals surface area contributed by atoms with Crippen molar-refractivity contribution < 1.29 is 5.11 Å². The molecule has 2 nitrogen and oxygen atoms in total. The summed E-state index contributed by atoms with van der Waals surface area (Å²) in [7, 11) is 0. The molecule has 0 saturated carbocycles. The number of nitrogens with zero attached hydrogens (tertiary/aromatic N) is 1. The van der Waals surface area contributed by atoms with Crippen LogP contribution in [-0.4, -0.2) is 11.7 Å². The second kappa shape index (κ2) is 5.13. The number of hydrogen-bond acceptors (Lipinski definition) is 2. The highest BCUT2D eigenvalue weighted by atomic mass is 16.2. The minimum atomic E-state index is 0.0796. The van der Waals surface area contributed by atoms with E-state index in [1.165, 1.54) is 0 Å². The molecular formula is C11H11NO. The lowest BCUT2D eigenvalue weighted by atomic mass is 10.1. The van der Waals surface area contributed by atoms with Gasteiger partial charge in [0.05, 0.1) is 18.2 Å². The average Bonchev–Trinajstić information content (AvgIpc) is 2.19. The van der Waals surface area contributed by atoms with Gasteiger partial charge in [-0.15, -0.1) is 0 Å². The molecule has 0 aliphatic carbocycles. The first kappa shape index (κ1) is 9.50. The molecule has 0 fully saturated rings. The summed E-state index contributed by atoms with van der Waals surface area (Å²) in [6, 6.07) is 9.48. The molecule has 66 valence electrons. The summed E-state index contributed by atoms with van der Waals surface area (Å²) >= 11 is 0. The molecule has 0 amide bonds. The monoisotopic (exact) mass is 173 g/mol. The second-order valence-corrected chi connectivity index (χ2v) is 2.67. The van der Waals surface area contributed by atoms with Gasteiger partial charge in [-0.05, 0) is 24.1 Å². The van der Waals surface area contributed by atoms with Crippen LogP contribution in [0.5, 0.6) is 0 Å². The molecule has 0 spiro atoms. The molecule has 0 bridgehead atoms. The van der Waals surface area contributed by atoms with Crippen LogP contribution in [0.15, 0.2) is 36.4 Å². The molecule has 0 aliphatic heterocycles. The predicted molar refractivity (Wildman–Crippen MR) is 51.1 cm³/mol. The Bertz CT molecular complexity index is 319. The quantitative estimate of drug-likeness (QED) is 0.706. The third-order valence-corrected chi connectivity index (χ3v) is 1.71. The zero-order chi connectivity index (χ0) is 9.52. The molecule has 0 radical (unpaired) electrons. The third kappa shape index (κ3) is 3.10. The van der Waals surface area contributed by atoms with Crippen LogP contribution < -0.4 is 0 Å². The number of allylic oxidation sites excluding steroid dienone is 1. The zero-order valence-electron chi connectivity index (χ0n) is 7.27. The molecule has 0 aliphatic rings. The van der Waals surface area contributed by atoms with E-state index in [2.05, 4.69) is 6.07 Å². The fourth-order valence-corrected chi connectivity index (χ4v) is 1.01. The normalized spacial score (nSPS) is 10.2. The van der Waals surface area contributed by atoms with E-state index in [0.717, 1.165) is 12.0 Å². The molecule has 0 heterocycles. The van der Waals surface area contributed by atoms with E-state index in [1.54, 1.807) is 18.2 Å². The first-order valence-electron chi connectivity index (χ1n) is 4.11. The Hall–Kier alpha value is -1.59. The minimum Gasteiger partial charge on any atom is -0.392 e. The van der Waals surface area contributed by atoms with Gasteiger partial charge in [0.2, 0.25) is 0 Å². The lowest BCUT2D eigenvalue weighted by molar-refractivity contribution is 0.342. The summed E-state index contributed by atoms with van der Waals surface area (Å²) in [5, 5.41) is 17.0. The highest BCUT2D eigenvalue weighted by molar-refractivity contribution is 5.32. The maximum atomic E-state index is 8.55. The van der Waals surface area contributed by atoms with Crippen molar-refractivity contribution in [1.29, 1.82) is 5.26 Å². The predicted octanol–water partition coefficient (Wildman–Crippen LogP) is 1.65. The van der Waals surface area contributed by atoms with Gasteiger partial charge in [-0.2, -0.15) is 5.26 Å². The summed E-state index contributed by atoms with van der Waals surface area (Å²) in [6.07, 6.45) is 4.41. The van der Waals surface area contributed by atoms with Crippen LogP contribution in [0.1, 0.15) is 11.1 Å². The van der Waals surface area contributed by atoms with Crippen molar-refractivity contribution in [1.82, 2.24) is 0 Å². The highest BCUT2D eigenvalue weighted by Crippen LogP contribution is 2.04. The summed E-state index contributed by atoms with van der Waals surface area (Å²) in [6.45, 7) is 0.0796. The zero-order valence-corrected chi connectivity index (χ0v) is 7.27. The molecule has 1 aromatic rings. The summed E-state index contributed by atoms with van der Waals surface area (Å²) in [4.78, 5) is 0. The SMILES string of the molecule is N#Cc1ccc(C/C=C/CO)cc1. The minimum absolute atomic E-state index is 0.0796. The van der Waals surface area contributed by atoms with Gasteiger partial charge in [0.15, 0.2) is 0 Å². The van der Waals surface area contributed by atoms with E-state index in [1.807, 2.05) is 18.2 Å². The molecule has 13 heavy (non-hydrogen) atoms. The summed E-state index contributed by atoms with van der Waals surface area (Å²) in [5.74, 6) is 0. The summed E-state index contributed by atoms with van der Waals surface area (Å²) < 4.78 is 0. The van der Waals surface area contributed by atoms with Crippen molar-refractivity contribution in [2.45, 2.75) is 6.42 Å². The first-order chi connectivity index (χ1) is 6.36. The Labute approximate surface area is 77.8 Å². The molecule has 2 heteroatoms. The molecule has 1 N–H and O–H groups in total. The highest BCUT2D eigenvalue weighted by Gasteiger charge is 1.90. The van der Waals surface area contributed by atoms with Crippen molar-refractivity contribution in [2.75, 3.05) is 6.61 Å². The molecule has 1 aromatic carbocycles. The Morgan fingerprint density at radius 3 is 2.46 bits per heavy atom. The molecule has 0 aromatic heterocycles. The molecule has 0 saturated heterocycles. The van der Waals surface area contributed by atoms with Crippen LogP contribution in [0.3, 0.4) is 0 Å². The van der Waals surface area contributed by atoms with Crippen LogP contribution >= 0.6 is 0 Å². The van der Waals surface area contributed by atoms with Gasteiger partial charge in [0, 0.05) is 0 Å². The van der Waals surface area contributed by atoms with E-state index in [4.69, 9.17) is 10.4 Å². The van der Waals surface area contributed by atoms with Crippen molar-refractivity contribution in [2.24, 2.45) is 0 Å². The van der Waals surface area contributed by atoms with Crippen LogP contribution in [0, 0.1) is 11.3 Å². The van der Waals surface area contributed by atoms with Crippen LogP contribution in [0.2, 0.25) is 0 Å². The number of rotatable bonds is 3. The van der Waals surface area contributed by atoms with Gasteiger partial charge in [0.25, 0.3) is 0 Å². The van der Waals surface area contributed by atoms with Gasteiger partial charge in [-0.25, -0.2) is 0 Å². The smallest absolute Gasteiger partial charge is 0.0991 e. The van der Waals surface area contributed by atoms with Crippen LogP contribution in [-0.2, 0) is 6.42 Å². The van der Waals surface area contributed by atoms with Crippen LogP contribution in [0.4, 0.5) is 0 Å². The number of nitriles is 1. The Morgan fingerprint density at radius 2 is 1.92 bits per heavy atom. The Kier molecular flexibility index (Phi) is 3.74. The number of aliphatic hydroxyl groups excluding tert-OH is 1. The largest absolute Gasteiger partial charge is 0.392 e. The summed E-state index contributed by atoms with van der Waals surface area (Å²) in [5.41, 5.74) is 1.82. The number of hydrogen-bond donors (Lipinski definition) is 1. The maximum absolute atomic E-state index is 8.55. The van der Waals surface area contributed by atoms with Crippen molar-refractivity contribution >= 4 is 0 Å². The number of aliphatic hydroxyl groups is 1. The van der Waals surface area contributed by atoms with Crippen molar-refractivity contribution in [3.05, 3.63) is 47.5 Å². The molecule has 1 rings (SSSR count). The van der Waals surface area contributed by atoms with E-state index >= 15 is 0 Å². The molecule has 0 atom stereocenters. The lowest BCUT2D eigenvalue weighted by Crippen LogP contribution is -1.82. The Balaban J connectivity index is 2.60. The van der Waals surface area contributed by atoms with Gasteiger partial charge < -0.3 is 5.11 Å². The fraction of sp³-hybridized carbons (Fsp3) is 0.182. The third-order valence-electron chi connectivity index (χ3n) is 1.71. The second-order valence-electron chi connectivity index (χ2n) is 2.67. The Morgan fingerprint density at radius 1 is 1.23 bits per heavy atom. The fourth-order valence-electron chi connectivity index (χ4n) is 1.01. The first-order valence-corrected chi connectivity index (χ1v) is 4.11. The lowest BCUT2D eigenvalue weighted by Gasteiger charge is -1.95. The van der Waals surface area contributed by atoms with E-state index in [0.29, 0.717) is 5.56 Å². The van der Waals surface area contributed by atoms with E-state index in [9.17, 15) is 0 Å². The molecule has 0 unspecified atom stereocenters. The average molecular weight is 173 g/mol. The van der Waals surface area contributed by atoms with Gasteiger partial charge in [-0.1, -0.05) is 24.3 Å². The van der Waals surface area contributed by atoms with Gasteiger partial charge in [0.1, 0.15) is 0 Å². The number of benzene rings is 1. The standard InChI is InChI=1S/C11H11NO/c12-9-11-6-4-10(5-7-11)3-1-2-8-13/h1-2,4-7,13H,3,8H2/b2-1+. The van der Waals surface area contributed by atoms with Crippen LogP contribution in [0.25, 0.3) is 0 Å². The topological polar surface area (TPSA) is 44.0 Å². The van der Waals surface area contributed by atoms with Gasteiger partial charge >= 0.3 is 0 Å². The van der Waals surface area contributed by atoms with Crippen molar-refractivity contribution in [3.8, 4) is 6.07 Å².